The standard InChI is InChI=1S/C20H19FN4O3/c21-15-3-5-16(6-4-15)23-7-9-24(10-8-23)20(27)13-25-14-22-17(12-19(25)26)18-2-1-11-28-18/h1-6,11-12,14H,7-10,13H2. The van der Waals surface area contributed by atoms with Gasteiger partial charge in [-0.1, -0.05) is 0 Å². The fourth-order valence-electron chi connectivity index (χ4n) is 3.22. The summed E-state index contributed by atoms with van der Waals surface area (Å²) in [5.41, 5.74) is 1.06. The number of hydrogen-bond donors (Lipinski definition) is 0. The van der Waals surface area contributed by atoms with E-state index >= 15 is 0 Å². The van der Waals surface area contributed by atoms with E-state index in [9.17, 15) is 14.0 Å². The zero-order valence-corrected chi connectivity index (χ0v) is 15.1. The Morgan fingerprint density at radius 1 is 1.11 bits per heavy atom. The average molecular weight is 382 g/mol. The second-order valence-corrected chi connectivity index (χ2v) is 6.56. The average Bonchev–Trinajstić information content (AvgIpc) is 3.25. The summed E-state index contributed by atoms with van der Waals surface area (Å²) in [6, 6.07) is 11.1. The van der Waals surface area contributed by atoms with Crippen LogP contribution in [0.25, 0.3) is 11.5 Å². The topological polar surface area (TPSA) is 71.6 Å². The van der Waals surface area contributed by atoms with Crippen LogP contribution < -0.4 is 10.5 Å². The summed E-state index contributed by atoms with van der Waals surface area (Å²) in [7, 11) is 0. The summed E-state index contributed by atoms with van der Waals surface area (Å²) < 4.78 is 19.6. The van der Waals surface area contributed by atoms with Gasteiger partial charge in [-0.05, 0) is 36.4 Å². The monoisotopic (exact) mass is 382 g/mol. The van der Waals surface area contributed by atoms with E-state index in [2.05, 4.69) is 9.88 Å². The second-order valence-electron chi connectivity index (χ2n) is 6.56. The number of carbonyl (C=O) groups excluding carboxylic acids is 1. The Hall–Kier alpha value is -3.42. The van der Waals surface area contributed by atoms with Crippen LogP contribution >= 0.6 is 0 Å². The van der Waals surface area contributed by atoms with Gasteiger partial charge in [0.05, 0.1) is 12.6 Å². The number of carbonyl (C=O) groups is 1. The number of halogens is 1. The number of aromatic nitrogens is 2. The predicted molar refractivity (Wildman–Crippen MR) is 101 cm³/mol. The van der Waals surface area contributed by atoms with Gasteiger partial charge in [0, 0.05) is 37.9 Å². The number of amides is 1. The molecule has 0 aliphatic carbocycles. The normalized spacial score (nSPS) is 14.3. The molecular weight excluding hydrogens is 363 g/mol. The first kappa shape index (κ1) is 18.0. The molecule has 0 unspecified atom stereocenters. The maximum absolute atomic E-state index is 13.1. The van der Waals surface area contributed by atoms with Gasteiger partial charge in [-0.25, -0.2) is 9.37 Å². The van der Waals surface area contributed by atoms with E-state index in [1.165, 1.54) is 35.4 Å². The minimum atomic E-state index is -0.306. The number of nitrogens with zero attached hydrogens (tertiary/aromatic N) is 4. The zero-order valence-electron chi connectivity index (χ0n) is 15.1. The first-order valence-electron chi connectivity index (χ1n) is 8.99. The van der Waals surface area contributed by atoms with E-state index in [1.807, 2.05) is 0 Å². The third kappa shape index (κ3) is 3.80. The molecule has 0 saturated carbocycles. The molecule has 0 bridgehead atoms. The van der Waals surface area contributed by atoms with E-state index in [4.69, 9.17) is 4.42 Å². The van der Waals surface area contributed by atoms with Gasteiger partial charge in [-0.3, -0.25) is 14.2 Å². The maximum atomic E-state index is 13.1. The minimum Gasteiger partial charge on any atom is -0.463 e. The number of anilines is 1. The molecule has 0 radical (unpaired) electrons. The quantitative estimate of drug-likeness (QED) is 0.690. The number of piperazine rings is 1. The molecule has 1 amide bonds. The highest BCUT2D eigenvalue weighted by Gasteiger charge is 2.22. The summed E-state index contributed by atoms with van der Waals surface area (Å²) >= 11 is 0. The Kier molecular flexibility index (Phi) is 4.92. The summed E-state index contributed by atoms with van der Waals surface area (Å²) in [6.45, 7) is 2.34. The van der Waals surface area contributed by atoms with Gasteiger partial charge in [0.15, 0.2) is 5.76 Å². The van der Waals surface area contributed by atoms with Gasteiger partial charge < -0.3 is 14.2 Å². The van der Waals surface area contributed by atoms with Gasteiger partial charge in [0.1, 0.15) is 18.1 Å². The number of benzene rings is 1. The Morgan fingerprint density at radius 2 is 1.86 bits per heavy atom. The molecule has 1 aliphatic rings. The largest absolute Gasteiger partial charge is 0.463 e. The van der Waals surface area contributed by atoms with Crippen molar-refractivity contribution in [2.24, 2.45) is 0 Å². The fraction of sp³-hybridized carbons (Fsp3) is 0.250. The summed E-state index contributed by atoms with van der Waals surface area (Å²) in [5.74, 6) is 0.107. The van der Waals surface area contributed by atoms with E-state index in [0.717, 1.165) is 5.69 Å². The van der Waals surface area contributed by atoms with Crippen LogP contribution in [0.4, 0.5) is 10.1 Å². The second kappa shape index (κ2) is 7.67. The third-order valence-electron chi connectivity index (χ3n) is 4.78. The van der Waals surface area contributed by atoms with Crippen LogP contribution in [0.1, 0.15) is 0 Å². The molecule has 3 heterocycles. The fourth-order valence-corrected chi connectivity index (χ4v) is 3.22. The molecule has 8 heteroatoms. The molecule has 4 rings (SSSR count). The van der Waals surface area contributed by atoms with Crippen LogP contribution in [0.3, 0.4) is 0 Å². The van der Waals surface area contributed by atoms with E-state index in [-0.39, 0.29) is 23.8 Å². The van der Waals surface area contributed by atoms with Crippen molar-refractivity contribution in [1.82, 2.24) is 14.5 Å². The highest BCUT2D eigenvalue weighted by Crippen LogP contribution is 2.17. The molecule has 1 saturated heterocycles. The van der Waals surface area contributed by atoms with Gasteiger partial charge >= 0.3 is 0 Å². The highest BCUT2D eigenvalue weighted by atomic mass is 19.1. The lowest BCUT2D eigenvalue weighted by Gasteiger charge is -2.36. The lowest BCUT2D eigenvalue weighted by molar-refractivity contribution is -0.132. The van der Waals surface area contributed by atoms with Crippen LogP contribution in [0.5, 0.6) is 0 Å². The molecule has 1 aromatic carbocycles. The summed E-state index contributed by atoms with van der Waals surface area (Å²) in [6.07, 6.45) is 2.88. The van der Waals surface area contributed by atoms with E-state index < -0.39 is 0 Å². The van der Waals surface area contributed by atoms with Crippen molar-refractivity contribution in [3.8, 4) is 11.5 Å². The Morgan fingerprint density at radius 3 is 2.50 bits per heavy atom. The lowest BCUT2D eigenvalue weighted by Crippen LogP contribution is -2.50. The van der Waals surface area contributed by atoms with Crippen LogP contribution in [0.2, 0.25) is 0 Å². The predicted octanol–water partition coefficient (Wildman–Crippen LogP) is 1.99. The Balaban J connectivity index is 1.37. The third-order valence-corrected chi connectivity index (χ3v) is 4.78. The molecule has 0 atom stereocenters. The molecule has 7 nitrogen and oxygen atoms in total. The maximum Gasteiger partial charge on any atom is 0.254 e. The van der Waals surface area contributed by atoms with Crippen LogP contribution in [0, 0.1) is 5.82 Å². The molecule has 28 heavy (non-hydrogen) atoms. The first-order valence-corrected chi connectivity index (χ1v) is 8.99. The van der Waals surface area contributed by atoms with Crippen molar-refractivity contribution < 1.29 is 13.6 Å². The van der Waals surface area contributed by atoms with Crippen molar-refractivity contribution in [1.29, 1.82) is 0 Å². The van der Waals surface area contributed by atoms with Gasteiger partial charge in [0.2, 0.25) is 5.91 Å². The van der Waals surface area contributed by atoms with Crippen molar-refractivity contribution in [2.75, 3.05) is 31.1 Å². The summed E-state index contributed by atoms with van der Waals surface area (Å²) in [4.78, 5) is 32.9. The van der Waals surface area contributed by atoms with Crippen molar-refractivity contribution in [2.45, 2.75) is 6.54 Å². The van der Waals surface area contributed by atoms with E-state index in [0.29, 0.717) is 37.6 Å². The number of rotatable bonds is 4. The molecule has 3 aromatic rings. The minimum absolute atomic E-state index is 0.0547. The smallest absolute Gasteiger partial charge is 0.254 e. The molecule has 1 aliphatic heterocycles. The number of furan rings is 1. The van der Waals surface area contributed by atoms with Gasteiger partial charge in [0.25, 0.3) is 5.56 Å². The summed E-state index contributed by atoms with van der Waals surface area (Å²) in [5, 5.41) is 0. The Bertz CT molecular complexity index is 1010. The van der Waals surface area contributed by atoms with Crippen LogP contribution in [-0.2, 0) is 11.3 Å². The molecule has 1 fully saturated rings. The van der Waals surface area contributed by atoms with Gasteiger partial charge in [-0.15, -0.1) is 0 Å². The van der Waals surface area contributed by atoms with Gasteiger partial charge in [-0.2, -0.15) is 0 Å². The zero-order chi connectivity index (χ0) is 19.5. The van der Waals surface area contributed by atoms with Crippen molar-refractivity contribution in [3.63, 3.8) is 0 Å². The van der Waals surface area contributed by atoms with Crippen molar-refractivity contribution >= 4 is 11.6 Å². The molecule has 0 N–H and O–H groups in total. The van der Waals surface area contributed by atoms with Crippen molar-refractivity contribution in [3.05, 3.63) is 71.2 Å². The Labute approximate surface area is 160 Å². The lowest BCUT2D eigenvalue weighted by atomic mass is 10.2. The molecular formula is C20H19FN4O3. The highest BCUT2D eigenvalue weighted by molar-refractivity contribution is 5.76. The molecule has 2 aromatic heterocycles. The SMILES string of the molecule is O=C(Cn1cnc(-c2ccco2)cc1=O)N1CCN(c2ccc(F)cc2)CC1. The first-order chi connectivity index (χ1) is 13.6. The van der Waals surface area contributed by atoms with Crippen LogP contribution in [-0.4, -0.2) is 46.5 Å². The molecule has 0 spiro atoms. The molecule has 144 valence electrons. The van der Waals surface area contributed by atoms with Crippen LogP contribution in [0.15, 0.2) is 64.3 Å². The van der Waals surface area contributed by atoms with E-state index in [1.54, 1.807) is 29.2 Å². The number of hydrogen-bond acceptors (Lipinski definition) is 5.